The number of benzene rings is 2. The molecule has 1 spiro atoms. The van der Waals surface area contributed by atoms with Crippen molar-refractivity contribution in [3.05, 3.63) is 53.5 Å². The van der Waals surface area contributed by atoms with Gasteiger partial charge in [0, 0.05) is 36.3 Å². The Bertz CT molecular complexity index is 1270. The molecule has 1 N–H and O–H groups in total. The van der Waals surface area contributed by atoms with Crippen LogP contribution in [0.15, 0.2) is 40.9 Å². The number of hydrogen-bond acceptors (Lipinski definition) is 7. The molecule has 0 aliphatic carbocycles. The summed E-state index contributed by atoms with van der Waals surface area (Å²) in [4.78, 5) is 15.2. The van der Waals surface area contributed by atoms with Gasteiger partial charge in [0.2, 0.25) is 0 Å². The molecule has 7 nitrogen and oxygen atoms in total. The van der Waals surface area contributed by atoms with Crippen LogP contribution < -0.4 is 14.8 Å². The van der Waals surface area contributed by atoms with Gasteiger partial charge in [0.1, 0.15) is 22.9 Å². The Morgan fingerprint density at radius 2 is 1.92 bits per heavy atom. The fraction of sp³-hybridized carbons (Fsp3) is 0.517. The van der Waals surface area contributed by atoms with E-state index in [9.17, 15) is 9.18 Å². The first kappa shape index (κ1) is 26.9. The molecule has 2 fully saturated rings. The Balaban J connectivity index is 0.00000294. The summed E-state index contributed by atoms with van der Waals surface area (Å²) in [7, 11) is 0. The molecule has 204 valence electrons. The average molecular weight is 544 g/mol. The first-order valence-electron chi connectivity index (χ1n) is 13.6. The maximum atomic E-state index is 13.4. The molecule has 0 radical (unpaired) electrons. The van der Waals surface area contributed by atoms with Gasteiger partial charge in [-0.3, -0.25) is 4.79 Å². The van der Waals surface area contributed by atoms with E-state index in [0.29, 0.717) is 35.8 Å². The van der Waals surface area contributed by atoms with Crippen LogP contribution in [0.3, 0.4) is 0 Å². The van der Waals surface area contributed by atoms with Crippen molar-refractivity contribution in [3.8, 4) is 11.5 Å². The Kier molecular flexibility index (Phi) is 8.21. The first-order chi connectivity index (χ1) is 18.1. The van der Waals surface area contributed by atoms with E-state index in [0.717, 1.165) is 88.1 Å². The number of nitrogens with zero attached hydrogens (tertiary/aromatic N) is 2. The normalized spacial score (nSPS) is 19.7. The Labute approximate surface area is 228 Å². The number of ketones is 1. The molecule has 0 unspecified atom stereocenters. The molecule has 0 bridgehead atoms. The number of fused-ring (bicyclic) bond motifs is 2. The van der Waals surface area contributed by atoms with E-state index in [1.807, 2.05) is 18.2 Å². The number of halogens is 2. The van der Waals surface area contributed by atoms with Crippen LogP contribution in [0.5, 0.6) is 11.5 Å². The van der Waals surface area contributed by atoms with Crippen molar-refractivity contribution < 1.29 is 23.2 Å². The highest BCUT2D eigenvalue weighted by molar-refractivity contribution is 6.00. The summed E-state index contributed by atoms with van der Waals surface area (Å²) in [6, 6.07) is 10.3. The summed E-state index contributed by atoms with van der Waals surface area (Å²) in [6.45, 7) is 5.49. The smallest absolute Gasteiger partial charge is 0.170 e. The first-order valence-corrected chi connectivity index (χ1v) is 13.6. The van der Waals surface area contributed by atoms with Crippen LogP contribution in [0.25, 0.3) is 11.0 Å². The molecule has 2 aromatic carbocycles. The van der Waals surface area contributed by atoms with E-state index in [4.69, 9.17) is 14.0 Å². The number of nitrogens with one attached hydrogen (secondary N) is 1. The largest absolute Gasteiger partial charge is 0.493 e. The molecule has 3 aliphatic rings. The lowest BCUT2D eigenvalue weighted by atomic mass is 9.83. The zero-order valence-electron chi connectivity index (χ0n) is 21.5. The van der Waals surface area contributed by atoms with Crippen LogP contribution in [0.4, 0.5) is 4.39 Å². The lowest BCUT2D eigenvalue weighted by molar-refractivity contribution is 0.0185. The molecule has 9 heteroatoms. The zero-order chi connectivity index (χ0) is 25.2. The van der Waals surface area contributed by atoms with Crippen LogP contribution >= 0.6 is 12.4 Å². The minimum Gasteiger partial charge on any atom is -0.493 e. The monoisotopic (exact) mass is 543 g/mol. The van der Waals surface area contributed by atoms with Crippen molar-refractivity contribution in [1.29, 1.82) is 0 Å². The van der Waals surface area contributed by atoms with Gasteiger partial charge in [-0.15, -0.1) is 12.4 Å². The van der Waals surface area contributed by atoms with Crippen LogP contribution in [0, 0.1) is 5.82 Å². The molecule has 3 aromatic rings. The molecule has 0 saturated carbocycles. The van der Waals surface area contributed by atoms with Crippen molar-refractivity contribution in [3.63, 3.8) is 0 Å². The quantitative estimate of drug-likeness (QED) is 0.393. The van der Waals surface area contributed by atoms with Crippen LogP contribution in [0.2, 0.25) is 0 Å². The Morgan fingerprint density at radius 1 is 1.11 bits per heavy atom. The third-order valence-corrected chi connectivity index (χ3v) is 8.15. The molecule has 0 atom stereocenters. The van der Waals surface area contributed by atoms with Crippen LogP contribution in [-0.2, 0) is 0 Å². The van der Waals surface area contributed by atoms with Gasteiger partial charge in [0.15, 0.2) is 11.4 Å². The fourth-order valence-corrected chi connectivity index (χ4v) is 6.01. The van der Waals surface area contributed by atoms with Crippen LogP contribution in [0.1, 0.15) is 66.9 Å². The number of ether oxygens (including phenoxy) is 2. The molecule has 38 heavy (non-hydrogen) atoms. The minimum absolute atomic E-state index is 0. The van der Waals surface area contributed by atoms with Crippen molar-refractivity contribution >= 4 is 29.2 Å². The zero-order valence-corrected chi connectivity index (χ0v) is 22.4. The maximum absolute atomic E-state index is 13.4. The van der Waals surface area contributed by atoms with Gasteiger partial charge < -0.3 is 24.2 Å². The third kappa shape index (κ3) is 5.67. The van der Waals surface area contributed by atoms with E-state index >= 15 is 0 Å². The highest BCUT2D eigenvalue weighted by Gasteiger charge is 2.41. The number of likely N-dealkylation sites (tertiary alicyclic amines) is 1. The number of carbonyl (C=O) groups excluding carboxylic acids is 1. The fourth-order valence-electron chi connectivity index (χ4n) is 6.01. The summed E-state index contributed by atoms with van der Waals surface area (Å²) in [5.74, 6) is 1.66. The average Bonchev–Trinajstić information content (AvgIpc) is 3.32. The van der Waals surface area contributed by atoms with E-state index in [1.165, 1.54) is 12.1 Å². The minimum atomic E-state index is -0.361. The Morgan fingerprint density at radius 3 is 2.74 bits per heavy atom. The molecule has 4 heterocycles. The molecular weight excluding hydrogens is 509 g/mol. The molecular formula is C29H35ClFN3O4. The van der Waals surface area contributed by atoms with Crippen LogP contribution in [-0.4, -0.2) is 60.8 Å². The van der Waals surface area contributed by atoms with Gasteiger partial charge in [-0.1, -0.05) is 5.16 Å². The predicted molar refractivity (Wildman–Crippen MR) is 145 cm³/mol. The van der Waals surface area contributed by atoms with E-state index in [2.05, 4.69) is 15.4 Å². The van der Waals surface area contributed by atoms with Crippen molar-refractivity contribution in [2.75, 3.05) is 39.3 Å². The Hall–Kier alpha value is -2.68. The highest BCUT2D eigenvalue weighted by Crippen LogP contribution is 2.40. The van der Waals surface area contributed by atoms with Gasteiger partial charge in [-0.2, -0.15) is 0 Å². The molecule has 3 aliphatic heterocycles. The standard InChI is InChI=1S/C29H34FN3O4.ClH/c30-21-3-5-24-27(17-21)37-32-28(24)20-7-14-33(15-8-20)13-1-2-16-35-22-4-6-23-25(34)19-29(36-26(23)18-22)9-11-31-12-10-29;/h3-6,17-18,20,31H,1-2,7-16,19H2;1H. The van der Waals surface area contributed by atoms with Gasteiger partial charge in [-0.25, -0.2) is 4.39 Å². The number of unbranched alkanes of at least 4 members (excludes halogenated alkanes) is 1. The van der Waals surface area contributed by atoms with E-state index in [-0.39, 0.29) is 29.6 Å². The number of rotatable bonds is 7. The SMILES string of the molecule is Cl.O=C1CC2(CCNCC2)Oc2cc(OCCCCN3CCC(c4noc5cc(F)ccc45)CC3)ccc21. The summed E-state index contributed by atoms with van der Waals surface area (Å²) in [5.41, 5.74) is 1.80. The van der Waals surface area contributed by atoms with Gasteiger partial charge >= 0.3 is 0 Å². The summed E-state index contributed by atoms with van der Waals surface area (Å²) in [6.07, 6.45) is 6.26. The van der Waals surface area contributed by atoms with E-state index in [1.54, 1.807) is 6.07 Å². The third-order valence-electron chi connectivity index (χ3n) is 8.15. The molecule has 2 saturated heterocycles. The second-order valence-corrected chi connectivity index (χ2v) is 10.7. The van der Waals surface area contributed by atoms with Gasteiger partial charge in [0.05, 0.1) is 24.3 Å². The molecule has 1 aromatic heterocycles. The molecule has 0 amide bonds. The van der Waals surface area contributed by atoms with Crippen molar-refractivity contribution in [1.82, 2.24) is 15.4 Å². The van der Waals surface area contributed by atoms with E-state index < -0.39 is 0 Å². The second kappa shape index (κ2) is 11.6. The number of Topliss-reactive ketones (excluding diaryl/α,β-unsaturated/α-hetero) is 1. The van der Waals surface area contributed by atoms with Gasteiger partial charge in [-0.05, 0) is 82.7 Å². The number of hydrogen-bond donors (Lipinski definition) is 1. The lowest BCUT2D eigenvalue weighted by Gasteiger charge is -2.40. The van der Waals surface area contributed by atoms with Crippen molar-refractivity contribution in [2.45, 2.75) is 56.5 Å². The second-order valence-electron chi connectivity index (χ2n) is 10.7. The lowest BCUT2D eigenvalue weighted by Crippen LogP contribution is -2.49. The highest BCUT2D eigenvalue weighted by atomic mass is 35.5. The van der Waals surface area contributed by atoms with Crippen molar-refractivity contribution in [2.24, 2.45) is 0 Å². The summed E-state index contributed by atoms with van der Waals surface area (Å²) >= 11 is 0. The number of aromatic nitrogens is 1. The molecule has 6 rings (SSSR count). The topological polar surface area (TPSA) is 76.8 Å². The maximum Gasteiger partial charge on any atom is 0.170 e. The van der Waals surface area contributed by atoms with Gasteiger partial charge in [0.25, 0.3) is 0 Å². The predicted octanol–water partition coefficient (Wildman–Crippen LogP) is 5.51. The number of piperidine rings is 2. The summed E-state index contributed by atoms with van der Waals surface area (Å²) < 4.78 is 31.2. The number of carbonyl (C=O) groups is 1. The summed E-state index contributed by atoms with van der Waals surface area (Å²) in [5, 5.41) is 8.53.